The van der Waals surface area contributed by atoms with E-state index in [1.807, 2.05) is 0 Å². The summed E-state index contributed by atoms with van der Waals surface area (Å²) in [7, 11) is 1.77. The van der Waals surface area contributed by atoms with Crippen LogP contribution in [0.4, 0.5) is 0 Å². The molecule has 0 atom stereocenters. The highest BCUT2D eigenvalue weighted by Gasteiger charge is 2.28. The van der Waals surface area contributed by atoms with Crippen molar-refractivity contribution in [1.29, 1.82) is 0 Å². The van der Waals surface area contributed by atoms with Crippen LogP contribution in [0.2, 0.25) is 0 Å². The molecule has 2 N–H and O–H groups in total. The summed E-state index contributed by atoms with van der Waals surface area (Å²) >= 11 is 0. The average molecular weight is 462 g/mol. The SMILES string of the molecule is CN=C(N=C(N)c1ccc(C(C)(C)CC(C)(C)C)cc1)c1ccc(C(C)(C)CC(C)(C)C)cc1. The summed E-state index contributed by atoms with van der Waals surface area (Å²) in [6.07, 6.45) is 2.22. The van der Waals surface area contributed by atoms with Gasteiger partial charge in [-0.3, -0.25) is 4.99 Å². The van der Waals surface area contributed by atoms with Crippen molar-refractivity contribution in [3.63, 3.8) is 0 Å². The molecule has 0 bridgehead atoms. The topological polar surface area (TPSA) is 50.7 Å². The monoisotopic (exact) mass is 461 g/mol. The lowest BCUT2D eigenvalue weighted by Crippen LogP contribution is -2.25. The highest BCUT2D eigenvalue weighted by molar-refractivity contribution is 6.10. The summed E-state index contributed by atoms with van der Waals surface area (Å²) < 4.78 is 0. The average Bonchev–Trinajstić information content (AvgIpc) is 2.68. The van der Waals surface area contributed by atoms with E-state index in [1.165, 1.54) is 11.1 Å². The lowest BCUT2D eigenvalue weighted by atomic mass is 9.72. The second-order valence-electron chi connectivity index (χ2n) is 13.4. The minimum absolute atomic E-state index is 0.0984. The summed E-state index contributed by atoms with van der Waals surface area (Å²) in [6.45, 7) is 23.0. The summed E-state index contributed by atoms with van der Waals surface area (Å²) in [5.74, 6) is 1.13. The molecule has 0 aliphatic carbocycles. The first-order valence-corrected chi connectivity index (χ1v) is 12.5. The van der Waals surface area contributed by atoms with Crippen molar-refractivity contribution in [2.24, 2.45) is 26.5 Å². The molecule has 0 saturated heterocycles. The molecule has 0 saturated carbocycles. The van der Waals surface area contributed by atoms with Gasteiger partial charge in [0.05, 0.1) is 0 Å². The first-order valence-electron chi connectivity index (χ1n) is 12.5. The predicted octanol–water partition coefficient (Wildman–Crippen LogP) is 7.90. The Bertz CT molecular complexity index is 1010. The third-order valence-corrected chi connectivity index (χ3v) is 6.27. The van der Waals surface area contributed by atoms with Crippen molar-refractivity contribution < 1.29 is 0 Å². The Balaban J connectivity index is 2.24. The second-order valence-corrected chi connectivity index (χ2v) is 13.4. The van der Waals surface area contributed by atoms with Crippen molar-refractivity contribution in [3.8, 4) is 0 Å². The van der Waals surface area contributed by atoms with Gasteiger partial charge in [0.25, 0.3) is 0 Å². The highest BCUT2D eigenvalue weighted by atomic mass is 14.9. The van der Waals surface area contributed by atoms with Crippen molar-refractivity contribution in [3.05, 3.63) is 70.8 Å². The van der Waals surface area contributed by atoms with Crippen molar-refractivity contribution in [1.82, 2.24) is 0 Å². The van der Waals surface area contributed by atoms with E-state index in [-0.39, 0.29) is 21.7 Å². The Morgan fingerprint density at radius 3 is 1.29 bits per heavy atom. The molecule has 3 heteroatoms. The number of nitrogens with two attached hydrogens (primary N) is 1. The molecule has 34 heavy (non-hydrogen) atoms. The van der Waals surface area contributed by atoms with Gasteiger partial charge in [-0.2, -0.15) is 0 Å². The van der Waals surface area contributed by atoms with Crippen LogP contribution in [-0.2, 0) is 10.8 Å². The Morgan fingerprint density at radius 1 is 0.618 bits per heavy atom. The first kappa shape index (κ1) is 27.8. The van der Waals surface area contributed by atoms with Crippen LogP contribution in [0.25, 0.3) is 0 Å². The summed E-state index contributed by atoms with van der Waals surface area (Å²) in [5, 5.41) is 0. The van der Waals surface area contributed by atoms with Crippen molar-refractivity contribution in [2.75, 3.05) is 7.05 Å². The van der Waals surface area contributed by atoms with Gasteiger partial charge in [-0.05, 0) is 45.6 Å². The number of hydrogen-bond donors (Lipinski definition) is 1. The van der Waals surface area contributed by atoms with Gasteiger partial charge in [0, 0.05) is 18.2 Å². The maximum absolute atomic E-state index is 6.41. The Kier molecular flexibility index (Phi) is 8.23. The van der Waals surface area contributed by atoms with Crippen molar-refractivity contribution in [2.45, 2.75) is 92.9 Å². The molecule has 0 spiro atoms. The van der Waals surface area contributed by atoms with Gasteiger partial charge in [0.2, 0.25) is 0 Å². The molecule has 0 fully saturated rings. The highest BCUT2D eigenvalue weighted by Crippen LogP contribution is 2.37. The van der Waals surface area contributed by atoms with Crippen LogP contribution in [0.5, 0.6) is 0 Å². The van der Waals surface area contributed by atoms with E-state index < -0.39 is 0 Å². The third-order valence-electron chi connectivity index (χ3n) is 6.27. The van der Waals surface area contributed by atoms with Gasteiger partial charge in [-0.1, -0.05) is 118 Å². The molecule has 3 nitrogen and oxygen atoms in total. The van der Waals surface area contributed by atoms with Gasteiger partial charge in [-0.15, -0.1) is 0 Å². The normalized spacial score (nSPS) is 14.4. The van der Waals surface area contributed by atoms with Gasteiger partial charge >= 0.3 is 0 Å². The lowest BCUT2D eigenvalue weighted by Gasteiger charge is -2.33. The van der Waals surface area contributed by atoms with Crippen LogP contribution in [0.3, 0.4) is 0 Å². The molecule has 0 amide bonds. The largest absolute Gasteiger partial charge is 0.383 e. The number of hydrogen-bond acceptors (Lipinski definition) is 1. The molecular formula is C31H47N3. The van der Waals surface area contributed by atoms with Crippen LogP contribution >= 0.6 is 0 Å². The van der Waals surface area contributed by atoms with E-state index in [2.05, 4.69) is 128 Å². The number of rotatable bonds is 6. The minimum Gasteiger partial charge on any atom is -0.383 e. The first-order chi connectivity index (χ1) is 15.4. The number of amidine groups is 2. The molecule has 0 radical (unpaired) electrons. The van der Waals surface area contributed by atoms with E-state index in [1.54, 1.807) is 7.05 Å². The van der Waals surface area contributed by atoms with Crippen LogP contribution in [-0.4, -0.2) is 18.7 Å². The lowest BCUT2D eigenvalue weighted by molar-refractivity contribution is 0.283. The summed E-state index contributed by atoms with van der Waals surface area (Å²) in [5.41, 5.74) is 11.7. The van der Waals surface area contributed by atoms with Gasteiger partial charge in [0.1, 0.15) is 5.84 Å². The standard InChI is InChI=1S/C31H47N3/c1-28(2,3)20-30(7,8)24-16-12-22(13-17-24)26(32)34-27(33-11)23-14-18-25(19-15-23)31(9,10)21-29(4,5)6/h12-19H,20-21H2,1-11H3,(H2,32,33,34). The van der Waals surface area contributed by atoms with Crippen LogP contribution in [0.15, 0.2) is 58.5 Å². The maximum atomic E-state index is 6.41. The zero-order valence-corrected chi connectivity index (χ0v) is 23.5. The fourth-order valence-electron chi connectivity index (χ4n) is 5.44. The minimum atomic E-state index is 0.0984. The molecule has 186 valence electrons. The van der Waals surface area contributed by atoms with Crippen LogP contribution in [0, 0.1) is 10.8 Å². The van der Waals surface area contributed by atoms with E-state index in [0.29, 0.717) is 11.7 Å². The zero-order chi connectivity index (χ0) is 25.9. The Hall–Kier alpha value is -2.42. The molecule has 2 rings (SSSR count). The number of nitrogens with zero attached hydrogens (tertiary/aromatic N) is 2. The summed E-state index contributed by atoms with van der Waals surface area (Å²) in [6, 6.07) is 17.1. The van der Waals surface area contributed by atoms with Gasteiger partial charge in [-0.25, -0.2) is 4.99 Å². The van der Waals surface area contributed by atoms with Gasteiger partial charge in [0.15, 0.2) is 5.84 Å². The molecule has 0 heterocycles. The molecule has 0 unspecified atom stereocenters. The van der Waals surface area contributed by atoms with E-state index >= 15 is 0 Å². The van der Waals surface area contributed by atoms with Crippen LogP contribution in [0.1, 0.15) is 104 Å². The van der Waals surface area contributed by atoms with Crippen molar-refractivity contribution >= 4 is 11.7 Å². The van der Waals surface area contributed by atoms with E-state index in [4.69, 9.17) is 5.73 Å². The third kappa shape index (κ3) is 7.82. The Morgan fingerprint density at radius 2 is 0.971 bits per heavy atom. The van der Waals surface area contributed by atoms with Gasteiger partial charge < -0.3 is 5.73 Å². The molecule has 0 aliphatic rings. The van der Waals surface area contributed by atoms with E-state index in [9.17, 15) is 0 Å². The summed E-state index contributed by atoms with van der Waals surface area (Å²) in [4.78, 5) is 9.10. The number of aliphatic imine (C=N–C) groups is 2. The second kappa shape index (κ2) is 10.1. The molecule has 2 aromatic carbocycles. The maximum Gasteiger partial charge on any atom is 0.156 e. The molecular weight excluding hydrogens is 414 g/mol. The van der Waals surface area contributed by atoms with Crippen LogP contribution < -0.4 is 5.73 Å². The molecule has 0 aliphatic heterocycles. The quantitative estimate of drug-likeness (QED) is 0.345. The Labute approximate surface area is 209 Å². The van der Waals surface area contributed by atoms with E-state index in [0.717, 1.165) is 24.0 Å². The fourth-order valence-corrected chi connectivity index (χ4v) is 5.44. The smallest absolute Gasteiger partial charge is 0.156 e. The number of benzene rings is 2. The predicted molar refractivity (Wildman–Crippen MR) is 150 cm³/mol. The zero-order valence-electron chi connectivity index (χ0n) is 23.5. The molecule has 0 aromatic heterocycles. The fraction of sp³-hybridized carbons (Fsp3) is 0.548. The molecule has 2 aromatic rings.